The summed E-state index contributed by atoms with van der Waals surface area (Å²) in [5, 5.41) is 0.998. The van der Waals surface area contributed by atoms with Crippen molar-refractivity contribution in [1.82, 2.24) is 15.0 Å². The summed E-state index contributed by atoms with van der Waals surface area (Å²) in [4.78, 5) is 12.6. The first-order valence-electron chi connectivity index (χ1n) is 4.32. The standard InChI is InChI=1S/C11H6N3/c1-3-8-10(12-5-1)7-14-9-4-2-6-13-11(8)9/h1-6H. The fourth-order valence-electron chi connectivity index (χ4n) is 1.49. The summed E-state index contributed by atoms with van der Waals surface area (Å²) in [7, 11) is 0. The third kappa shape index (κ3) is 0.956. The molecule has 0 unspecified atom stereocenters. The molecule has 65 valence electrons. The average molecular weight is 180 g/mol. The SMILES string of the molecule is [c]1nc2cccnc2c2cccnc12. The van der Waals surface area contributed by atoms with Gasteiger partial charge in [0.25, 0.3) is 0 Å². The Morgan fingerprint density at radius 2 is 1.86 bits per heavy atom. The summed E-state index contributed by atoms with van der Waals surface area (Å²) in [6.07, 6.45) is 6.38. The van der Waals surface area contributed by atoms with Crippen LogP contribution in [0.3, 0.4) is 0 Å². The average Bonchev–Trinajstić information content (AvgIpc) is 2.29. The highest BCUT2D eigenvalue weighted by atomic mass is 14.8. The second-order valence-electron chi connectivity index (χ2n) is 2.99. The van der Waals surface area contributed by atoms with Crippen LogP contribution in [0, 0.1) is 6.20 Å². The first-order valence-corrected chi connectivity index (χ1v) is 4.32. The molecule has 3 rings (SSSR count). The molecule has 14 heavy (non-hydrogen) atoms. The molecule has 0 aromatic carbocycles. The maximum atomic E-state index is 4.29. The molecule has 0 fully saturated rings. The molecule has 3 heterocycles. The second kappa shape index (κ2) is 2.73. The van der Waals surface area contributed by atoms with E-state index in [1.807, 2.05) is 24.3 Å². The van der Waals surface area contributed by atoms with Gasteiger partial charge >= 0.3 is 0 Å². The summed E-state index contributed by atoms with van der Waals surface area (Å²) >= 11 is 0. The molecule has 0 spiro atoms. The second-order valence-corrected chi connectivity index (χ2v) is 2.99. The van der Waals surface area contributed by atoms with Crippen LogP contribution in [0.25, 0.3) is 21.9 Å². The highest BCUT2D eigenvalue weighted by Crippen LogP contribution is 2.18. The van der Waals surface area contributed by atoms with Crippen molar-refractivity contribution in [2.75, 3.05) is 0 Å². The van der Waals surface area contributed by atoms with E-state index in [0.29, 0.717) is 0 Å². The quantitative estimate of drug-likeness (QED) is 0.496. The zero-order valence-electron chi connectivity index (χ0n) is 7.31. The topological polar surface area (TPSA) is 38.7 Å². The Hall–Kier alpha value is -2.03. The molecule has 3 aromatic rings. The first kappa shape index (κ1) is 7.38. The van der Waals surface area contributed by atoms with E-state index in [4.69, 9.17) is 0 Å². The highest BCUT2D eigenvalue weighted by molar-refractivity contribution is 6.00. The van der Waals surface area contributed by atoms with Crippen molar-refractivity contribution < 1.29 is 0 Å². The molecule has 0 aliphatic rings. The molecule has 0 saturated carbocycles. The van der Waals surface area contributed by atoms with Crippen LogP contribution in [0.1, 0.15) is 0 Å². The monoisotopic (exact) mass is 180 g/mol. The number of pyridine rings is 3. The number of aromatic nitrogens is 3. The molecule has 3 aromatic heterocycles. The van der Waals surface area contributed by atoms with E-state index in [1.165, 1.54) is 0 Å². The van der Waals surface area contributed by atoms with Crippen molar-refractivity contribution in [1.29, 1.82) is 0 Å². The number of nitrogens with zero attached hydrogens (tertiary/aromatic N) is 3. The summed E-state index contributed by atoms with van der Waals surface area (Å²) in [6.45, 7) is 0. The predicted molar refractivity (Wildman–Crippen MR) is 53.7 cm³/mol. The van der Waals surface area contributed by atoms with Crippen molar-refractivity contribution in [3.63, 3.8) is 0 Å². The van der Waals surface area contributed by atoms with Gasteiger partial charge in [0.2, 0.25) is 0 Å². The minimum atomic E-state index is 0.763. The summed E-state index contributed by atoms with van der Waals surface area (Å²) in [6, 6.07) is 7.66. The molecule has 3 heteroatoms. The molecule has 0 amide bonds. The van der Waals surface area contributed by atoms with Gasteiger partial charge in [-0.05, 0) is 24.3 Å². The van der Waals surface area contributed by atoms with Crippen molar-refractivity contribution in [3.05, 3.63) is 42.9 Å². The van der Waals surface area contributed by atoms with Crippen LogP contribution in [0.4, 0.5) is 0 Å². The fourth-order valence-corrected chi connectivity index (χ4v) is 1.49. The van der Waals surface area contributed by atoms with E-state index in [0.717, 1.165) is 21.9 Å². The number of hydrogen-bond acceptors (Lipinski definition) is 3. The lowest BCUT2D eigenvalue weighted by Crippen LogP contribution is -1.86. The van der Waals surface area contributed by atoms with Gasteiger partial charge in [-0.25, -0.2) is 4.98 Å². The van der Waals surface area contributed by atoms with Gasteiger partial charge in [0.1, 0.15) is 11.7 Å². The molecule has 0 N–H and O–H groups in total. The smallest absolute Gasteiger partial charge is 0.118 e. The van der Waals surface area contributed by atoms with Crippen LogP contribution in [0.15, 0.2) is 36.7 Å². The lowest BCUT2D eigenvalue weighted by molar-refractivity contribution is 1.31. The number of rotatable bonds is 0. The van der Waals surface area contributed by atoms with Gasteiger partial charge in [-0.15, -0.1) is 0 Å². The highest BCUT2D eigenvalue weighted by Gasteiger charge is 2.01. The normalized spacial score (nSPS) is 10.9. The maximum Gasteiger partial charge on any atom is 0.118 e. The molecule has 0 atom stereocenters. The first-order chi connectivity index (χ1) is 6.95. The zero-order valence-corrected chi connectivity index (χ0v) is 7.31. The van der Waals surface area contributed by atoms with Crippen molar-refractivity contribution in [2.45, 2.75) is 0 Å². The van der Waals surface area contributed by atoms with Gasteiger partial charge in [-0.2, -0.15) is 0 Å². The van der Waals surface area contributed by atoms with E-state index in [2.05, 4.69) is 21.1 Å². The van der Waals surface area contributed by atoms with E-state index in [9.17, 15) is 0 Å². The third-order valence-corrected chi connectivity index (χ3v) is 2.13. The van der Waals surface area contributed by atoms with Crippen LogP contribution in [0.5, 0.6) is 0 Å². The van der Waals surface area contributed by atoms with Crippen LogP contribution in [-0.2, 0) is 0 Å². The Bertz CT molecular complexity index is 550. The minimum Gasteiger partial charge on any atom is -0.254 e. The van der Waals surface area contributed by atoms with Gasteiger partial charge in [0, 0.05) is 17.8 Å². The molecule has 0 bridgehead atoms. The Labute approximate surface area is 80.5 Å². The van der Waals surface area contributed by atoms with E-state index >= 15 is 0 Å². The Morgan fingerprint density at radius 1 is 1.00 bits per heavy atom. The molecule has 1 radical (unpaired) electrons. The molecule has 0 aliphatic heterocycles. The Balaban J connectivity index is 2.61. The number of hydrogen-bond donors (Lipinski definition) is 0. The van der Waals surface area contributed by atoms with Gasteiger partial charge in [-0.3, -0.25) is 9.97 Å². The molecule has 3 nitrogen and oxygen atoms in total. The van der Waals surface area contributed by atoms with E-state index in [1.54, 1.807) is 12.4 Å². The van der Waals surface area contributed by atoms with E-state index in [-0.39, 0.29) is 0 Å². The molecular formula is C11H6N3. The van der Waals surface area contributed by atoms with Gasteiger partial charge < -0.3 is 0 Å². The zero-order chi connectivity index (χ0) is 9.38. The van der Waals surface area contributed by atoms with Crippen molar-refractivity contribution >= 4 is 21.9 Å². The predicted octanol–water partition coefficient (Wildman–Crippen LogP) is 1.98. The molecule has 0 aliphatic carbocycles. The molecule has 0 saturated heterocycles. The van der Waals surface area contributed by atoms with Gasteiger partial charge in [-0.1, -0.05) is 0 Å². The van der Waals surface area contributed by atoms with E-state index < -0.39 is 0 Å². The fraction of sp³-hybridized carbons (Fsp3) is 0. The van der Waals surface area contributed by atoms with Crippen LogP contribution in [-0.4, -0.2) is 15.0 Å². The summed E-state index contributed by atoms with van der Waals surface area (Å²) < 4.78 is 0. The van der Waals surface area contributed by atoms with Gasteiger partial charge in [0.15, 0.2) is 0 Å². The van der Waals surface area contributed by atoms with Crippen LogP contribution < -0.4 is 0 Å². The number of fused-ring (bicyclic) bond motifs is 3. The largest absolute Gasteiger partial charge is 0.254 e. The lowest BCUT2D eigenvalue weighted by Gasteiger charge is -1.99. The third-order valence-electron chi connectivity index (χ3n) is 2.13. The minimum absolute atomic E-state index is 0.763. The van der Waals surface area contributed by atoms with Crippen molar-refractivity contribution in [2.24, 2.45) is 0 Å². The van der Waals surface area contributed by atoms with Crippen LogP contribution >= 0.6 is 0 Å². The van der Waals surface area contributed by atoms with Crippen molar-refractivity contribution in [3.8, 4) is 0 Å². The lowest BCUT2D eigenvalue weighted by atomic mass is 10.2. The molecular weight excluding hydrogens is 174 g/mol. The summed E-state index contributed by atoms with van der Waals surface area (Å²) in [5.74, 6) is 0. The Morgan fingerprint density at radius 3 is 2.86 bits per heavy atom. The maximum absolute atomic E-state index is 4.29. The van der Waals surface area contributed by atoms with Crippen LogP contribution in [0.2, 0.25) is 0 Å². The summed E-state index contributed by atoms with van der Waals surface area (Å²) in [5.41, 5.74) is 2.50. The Kier molecular flexibility index (Phi) is 1.44. The van der Waals surface area contributed by atoms with Gasteiger partial charge in [0.05, 0.1) is 11.0 Å².